The minimum atomic E-state index is -0.312. The van der Waals surface area contributed by atoms with Crippen LogP contribution in [0.5, 0.6) is 0 Å². The lowest BCUT2D eigenvalue weighted by Gasteiger charge is -2.06. The molecule has 0 radical (unpaired) electrons. The lowest BCUT2D eigenvalue weighted by Crippen LogP contribution is -2.29. The molecular weight excluding hydrogens is 378 g/mol. The van der Waals surface area contributed by atoms with Crippen molar-refractivity contribution < 1.29 is 4.79 Å². The van der Waals surface area contributed by atoms with Crippen molar-refractivity contribution in [2.45, 2.75) is 5.16 Å². The van der Waals surface area contributed by atoms with E-state index in [0.29, 0.717) is 20.9 Å². The van der Waals surface area contributed by atoms with Crippen molar-refractivity contribution in [3.63, 3.8) is 0 Å². The number of nitrogens with two attached hydrogens (primary N) is 1. The topological polar surface area (TPSA) is 78.0 Å². The first kappa shape index (κ1) is 17.5. The number of rotatable bonds is 5. The number of Topliss-reactive ketones (excluding diaryl/α,β-unsaturated/α-hetero) is 1. The Morgan fingerprint density at radius 3 is 2.44 bits per heavy atom. The summed E-state index contributed by atoms with van der Waals surface area (Å²) in [5.74, 6) is 6.06. The molecule has 134 valence electrons. The van der Waals surface area contributed by atoms with E-state index in [9.17, 15) is 9.59 Å². The third-order valence-corrected chi connectivity index (χ3v) is 6.08. The molecule has 0 spiro atoms. The van der Waals surface area contributed by atoms with Crippen molar-refractivity contribution in [3.8, 4) is 10.4 Å². The first-order chi connectivity index (χ1) is 13.1. The second-order valence-corrected chi connectivity index (χ2v) is 7.82. The van der Waals surface area contributed by atoms with Crippen LogP contribution in [0.4, 0.5) is 0 Å². The Morgan fingerprint density at radius 2 is 1.74 bits per heavy atom. The van der Waals surface area contributed by atoms with E-state index in [0.717, 1.165) is 15.1 Å². The van der Waals surface area contributed by atoms with Crippen LogP contribution in [-0.4, -0.2) is 21.2 Å². The predicted molar refractivity (Wildman–Crippen MR) is 111 cm³/mol. The van der Waals surface area contributed by atoms with Crippen molar-refractivity contribution in [3.05, 3.63) is 82.6 Å². The van der Waals surface area contributed by atoms with Gasteiger partial charge in [-0.05, 0) is 11.6 Å². The zero-order chi connectivity index (χ0) is 18.8. The van der Waals surface area contributed by atoms with Crippen molar-refractivity contribution in [1.82, 2.24) is 9.66 Å². The number of nitrogens with zero attached hydrogens (tertiary/aromatic N) is 2. The molecule has 5 nitrogen and oxygen atoms in total. The van der Waals surface area contributed by atoms with Gasteiger partial charge >= 0.3 is 0 Å². The monoisotopic (exact) mass is 393 g/mol. The van der Waals surface area contributed by atoms with Gasteiger partial charge in [-0.2, -0.15) is 0 Å². The molecular formula is C20H15N3O2S2. The summed E-state index contributed by atoms with van der Waals surface area (Å²) in [4.78, 5) is 31.0. The molecule has 0 atom stereocenters. The third-order valence-electron chi connectivity index (χ3n) is 4.05. The summed E-state index contributed by atoms with van der Waals surface area (Å²) < 4.78 is 1.02. The van der Waals surface area contributed by atoms with Crippen LogP contribution in [-0.2, 0) is 0 Å². The van der Waals surface area contributed by atoms with Gasteiger partial charge in [0.25, 0.3) is 5.56 Å². The smallest absolute Gasteiger partial charge is 0.281 e. The molecule has 4 aromatic rings. The number of thioether (sulfide) groups is 1. The molecule has 0 amide bonds. The van der Waals surface area contributed by atoms with Crippen LogP contribution in [0.3, 0.4) is 0 Å². The maximum atomic E-state index is 12.6. The van der Waals surface area contributed by atoms with E-state index in [2.05, 4.69) is 4.98 Å². The van der Waals surface area contributed by atoms with Crippen LogP contribution in [0, 0.1) is 0 Å². The maximum Gasteiger partial charge on any atom is 0.281 e. The highest BCUT2D eigenvalue weighted by atomic mass is 32.2. The van der Waals surface area contributed by atoms with E-state index in [1.807, 2.05) is 54.6 Å². The summed E-state index contributed by atoms with van der Waals surface area (Å²) in [6.45, 7) is 0. The molecule has 2 heterocycles. The van der Waals surface area contributed by atoms with Crippen LogP contribution >= 0.6 is 23.1 Å². The van der Waals surface area contributed by atoms with E-state index in [1.165, 1.54) is 23.1 Å². The van der Waals surface area contributed by atoms with Gasteiger partial charge in [0.2, 0.25) is 0 Å². The molecule has 0 aliphatic heterocycles. The average Bonchev–Trinajstić information content (AvgIpc) is 3.15. The van der Waals surface area contributed by atoms with Crippen LogP contribution in [0.2, 0.25) is 0 Å². The van der Waals surface area contributed by atoms with Crippen LogP contribution < -0.4 is 11.4 Å². The van der Waals surface area contributed by atoms with Gasteiger partial charge in [-0.15, -0.1) is 11.3 Å². The summed E-state index contributed by atoms with van der Waals surface area (Å²) in [5.41, 5.74) is 1.34. The molecule has 2 aromatic heterocycles. The zero-order valence-electron chi connectivity index (χ0n) is 14.2. The molecule has 2 aromatic carbocycles. The summed E-state index contributed by atoms with van der Waals surface area (Å²) >= 11 is 2.61. The number of thiophene rings is 1. The molecule has 0 fully saturated rings. The molecule has 0 unspecified atom stereocenters. The standard InChI is InChI=1S/C20H15N3O2S2/c21-23-19(25)15-11-17(14-9-5-2-6-10-14)27-18(15)22-20(23)26-12-16(24)13-7-3-1-4-8-13/h1-11H,12,21H2. The SMILES string of the molecule is Nn1c(SCC(=O)c2ccccc2)nc2sc(-c3ccccc3)cc2c1=O. The van der Waals surface area contributed by atoms with Gasteiger partial charge in [-0.3, -0.25) is 9.59 Å². The highest BCUT2D eigenvalue weighted by Gasteiger charge is 2.15. The van der Waals surface area contributed by atoms with Crippen LogP contribution in [0.1, 0.15) is 10.4 Å². The van der Waals surface area contributed by atoms with Crippen molar-refractivity contribution >= 4 is 39.1 Å². The second kappa shape index (κ2) is 7.38. The number of carbonyl (C=O) groups is 1. The first-order valence-electron chi connectivity index (χ1n) is 8.21. The summed E-state index contributed by atoms with van der Waals surface area (Å²) in [7, 11) is 0. The molecule has 4 rings (SSSR count). The Labute approximate surface area is 163 Å². The number of aromatic nitrogens is 2. The fourth-order valence-corrected chi connectivity index (χ4v) is 4.55. The maximum absolute atomic E-state index is 12.6. The van der Waals surface area contributed by atoms with Gasteiger partial charge in [-0.25, -0.2) is 9.66 Å². The van der Waals surface area contributed by atoms with Crippen molar-refractivity contribution in [2.24, 2.45) is 0 Å². The minimum absolute atomic E-state index is 0.0360. The summed E-state index contributed by atoms with van der Waals surface area (Å²) in [5, 5.41) is 0.818. The molecule has 2 N–H and O–H groups in total. The van der Waals surface area contributed by atoms with Crippen LogP contribution in [0.15, 0.2) is 76.7 Å². The Bertz CT molecular complexity index is 1170. The number of carbonyl (C=O) groups excluding carboxylic acids is 1. The van der Waals surface area contributed by atoms with Gasteiger partial charge in [0, 0.05) is 10.4 Å². The Balaban J connectivity index is 1.65. The van der Waals surface area contributed by atoms with E-state index in [4.69, 9.17) is 5.84 Å². The van der Waals surface area contributed by atoms with Crippen LogP contribution in [0.25, 0.3) is 20.7 Å². The Hall–Kier alpha value is -2.90. The number of ketones is 1. The van der Waals surface area contributed by atoms with Gasteiger partial charge in [0.1, 0.15) is 4.83 Å². The van der Waals surface area contributed by atoms with Gasteiger partial charge < -0.3 is 5.84 Å². The van der Waals surface area contributed by atoms with Gasteiger partial charge in [0.15, 0.2) is 10.9 Å². The number of fused-ring (bicyclic) bond motifs is 1. The Morgan fingerprint density at radius 1 is 1.07 bits per heavy atom. The fraction of sp³-hybridized carbons (Fsp3) is 0.0500. The highest BCUT2D eigenvalue weighted by Crippen LogP contribution is 2.31. The second-order valence-electron chi connectivity index (χ2n) is 5.84. The quantitative estimate of drug-likeness (QED) is 0.241. The Kier molecular flexibility index (Phi) is 4.79. The number of nitrogen functional groups attached to an aromatic ring is 1. The van der Waals surface area contributed by atoms with Gasteiger partial charge in [-0.1, -0.05) is 72.4 Å². The summed E-state index contributed by atoms with van der Waals surface area (Å²) in [6.07, 6.45) is 0. The largest absolute Gasteiger partial charge is 0.334 e. The predicted octanol–water partition coefficient (Wildman–Crippen LogP) is 3.81. The molecule has 0 saturated heterocycles. The number of hydrogen-bond donors (Lipinski definition) is 1. The van der Waals surface area contributed by atoms with E-state index in [-0.39, 0.29) is 17.1 Å². The average molecular weight is 393 g/mol. The molecule has 0 bridgehead atoms. The first-order valence-corrected chi connectivity index (χ1v) is 10.0. The lowest BCUT2D eigenvalue weighted by atomic mass is 10.2. The normalized spacial score (nSPS) is 11.0. The van der Waals surface area contributed by atoms with Gasteiger partial charge in [0.05, 0.1) is 11.1 Å². The molecule has 0 aliphatic rings. The zero-order valence-corrected chi connectivity index (χ0v) is 15.8. The molecule has 7 heteroatoms. The fourth-order valence-electron chi connectivity index (χ4n) is 2.66. The third kappa shape index (κ3) is 3.51. The number of benzene rings is 2. The molecule has 0 saturated carbocycles. The lowest BCUT2D eigenvalue weighted by molar-refractivity contribution is 0.102. The summed E-state index contributed by atoms with van der Waals surface area (Å²) in [6, 6.07) is 20.7. The highest BCUT2D eigenvalue weighted by molar-refractivity contribution is 7.99. The van der Waals surface area contributed by atoms with E-state index in [1.54, 1.807) is 12.1 Å². The molecule has 27 heavy (non-hydrogen) atoms. The minimum Gasteiger partial charge on any atom is -0.334 e. The number of hydrogen-bond acceptors (Lipinski definition) is 6. The van der Waals surface area contributed by atoms with Crippen molar-refractivity contribution in [2.75, 3.05) is 11.6 Å². The molecule has 0 aliphatic carbocycles. The van der Waals surface area contributed by atoms with E-state index >= 15 is 0 Å². The van der Waals surface area contributed by atoms with Crippen molar-refractivity contribution in [1.29, 1.82) is 0 Å². The van der Waals surface area contributed by atoms with E-state index < -0.39 is 0 Å².